The van der Waals surface area contributed by atoms with Gasteiger partial charge in [-0.3, -0.25) is 0 Å². The molecule has 4 aromatic carbocycles. The van der Waals surface area contributed by atoms with Crippen LogP contribution in [0.15, 0.2) is 80.2 Å². The van der Waals surface area contributed by atoms with Gasteiger partial charge in [0.15, 0.2) is 0 Å². The van der Waals surface area contributed by atoms with Crippen molar-refractivity contribution in [1.29, 1.82) is 0 Å². The van der Waals surface area contributed by atoms with E-state index < -0.39 is 40.6 Å². The molecule has 0 bridgehead atoms. The average Bonchev–Trinajstić information content (AvgIpc) is 3.16. The molecule has 2 aliphatic rings. The molecule has 5 aromatic rings. The van der Waals surface area contributed by atoms with Crippen molar-refractivity contribution in [2.75, 3.05) is 0 Å². The SMILES string of the molecule is FI(F)N=I(F)(F)c1ccc2c(c1)B1c3c(cccc3-n3c4ccccc4c4cccc1c43)O2. The van der Waals surface area contributed by atoms with E-state index in [0.717, 1.165) is 38.4 Å². The number of rotatable bonds is 2. The average molecular weight is 686 g/mol. The van der Waals surface area contributed by atoms with Crippen LogP contribution in [0.1, 0.15) is 0 Å². The zero-order valence-corrected chi connectivity index (χ0v) is 21.5. The normalized spacial score (nSPS) is 14.5. The van der Waals surface area contributed by atoms with Crippen LogP contribution in [0.5, 0.6) is 11.5 Å². The summed E-state index contributed by atoms with van der Waals surface area (Å²) in [5.74, 6) is 1.13. The molecule has 0 aliphatic carbocycles. The zero-order valence-electron chi connectivity index (χ0n) is 17.2. The molecule has 7 rings (SSSR count). The van der Waals surface area contributed by atoms with Gasteiger partial charge in [0.1, 0.15) is 0 Å². The van der Waals surface area contributed by atoms with Gasteiger partial charge in [0, 0.05) is 0 Å². The van der Waals surface area contributed by atoms with Crippen molar-refractivity contribution in [3.05, 3.63) is 82.4 Å². The van der Waals surface area contributed by atoms with Crippen LogP contribution in [0.3, 0.4) is 0 Å². The monoisotopic (exact) mass is 686 g/mol. The van der Waals surface area contributed by atoms with Crippen molar-refractivity contribution in [2.45, 2.75) is 0 Å². The van der Waals surface area contributed by atoms with Gasteiger partial charge in [-0.25, -0.2) is 0 Å². The molecule has 0 saturated carbocycles. The number of para-hydroxylation sites is 2. The minimum absolute atomic E-state index is 0.349. The van der Waals surface area contributed by atoms with Crippen LogP contribution in [0, 0.1) is 3.57 Å². The zero-order chi connectivity index (χ0) is 23.2. The Labute approximate surface area is 206 Å². The quantitative estimate of drug-likeness (QED) is 0.109. The van der Waals surface area contributed by atoms with E-state index in [-0.39, 0.29) is 10.3 Å². The summed E-state index contributed by atoms with van der Waals surface area (Å²) in [6.45, 7) is -0.349. The Morgan fingerprint density at radius 3 is 2.47 bits per heavy atom. The number of hydrogen-bond donors (Lipinski definition) is 0. The van der Waals surface area contributed by atoms with Crippen LogP contribution in [-0.2, 0) is 0 Å². The summed E-state index contributed by atoms with van der Waals surface area (Å²) >= 11 is -11.0. The molecular formula is C24H13BF4I2N2O. The van der Waals surface area contributed by atoms with Gasteiger partial charge in [-0.1, -0.05) is 0 Å². The van der Waals surface area contributed by atoms with Crippen molar-refractivity contribution >= 4 is 85.6 Å². The minimum atomic E-state index is -6.10. The predicted molar refractivity (Wildman–Crippen MR) is 146 cm³/mol. The van der Waals surface area contributed by atoms with Crippen molar-refractivity contribution in [1.82, 2.24) is 4.57 Å². The molecule has 0 saturated heterocycles. The second-order valence-corrected chi connectivity index (χ2v) is 15.6. The molecule has 0 fully saturated rings. The van der Waals surface area contributed by atoms with Gasteiger partial charge in [0.2, 0.25) is 0 Å². The summed E-state index contributed by atoms with van der Waals surface area (Å²) in [7, 11) is 0. The molecule has 2 aliphatic heterocycles. The first kappa shape index (κ1) is 20.9. The molecule has 34 heavy (non-hydrogen) atoms. The molecule has 0 N–H and O–H groups in total. The molecule has 3 nitrogen and oxygen atoms in total. The summed E-state index contributed by atoms with van der Waals surface area (Å²) in [5, 5.41) is 2.18. The van der Waals surface area contributed by atoms with Crippen LogP contribution >= 0.6 is 40.6 Å². The molecule has 10 heteroatoms. The number of nitrogens with zero attached hydrogens (tertiary/aromatic N) is 2. The van der Waals surface area contributed by atoms with Gasteiger partial charge in [-0.15, -0.1) is 0 Å². The van der Waals surface area contributed by atoms with Crippen LogP contribution in [0.25, 0.3) is 27.5 Å². The molecule has 1 aromatic heterocycles. The van der Waals surface area contributed by atoms with E-state index in [1.807, 2.05) is 42.5 Å². The Balaban J connectivity index is 1.59. The first-order valence-corrected chi connectivity index (χ1v) is 16.6. The fourth-order valence-corrected chi connectivity index (χ4v) is 10.9. The summed E-state index contributed by atoms with van der Waals surface area (Å²) in [6.07, 6.45) is 0. The van der Waals surface area contributed by atoms with E-state index in [0.29, 0.717) is 17.0 Å². The van der Waals surface area contributed by atoms with E-state index >= 15 is 0 Å². The van der Waals surface area contributed by atoms with E-state index in [4.69, 9.17) is 4.74 Å². The van der Waals surface area contributed by atoms with Crippen LogP contribution in [0.4, 0.5) is 11.4 Å². The van der Waals surface area contributed by atoms with Crippen molar-refractivity contribution in [3.8, 4) is 17.2 Å². The standard InChI is InChI=1S/C24H13BF4I2N2O/c26-30(27)32-31(28,29)14-11-12-21-18(13-14)25-17-7-3-6-16-15-5-1-2-8-19(15)33(24(16)17)20-9-4-10-22(34-21)23(20)25/h1-13H. The fraction of sp³-hybridized carbons (Fsp3) is 0. The Hall–Kier alpha value is -2.48. The molecule has 0 unspecified atom stereocenters. The van der Waals surface area contributed by atoms with Gasteiger partial charge >= 0.3 is 207 Å². The Bertz CT molecular complexity index is 1730. The van der Waals surface area contributed by atoms with Crippen LogP contribution < -0.4 is 21.1 Å². The molecule has 0 atom stereocenters. The number of aromatic nitrogens is 1. The van der Waals surface area contributed by atoms with Crippen molar-refractivity contribution < 1.29 is 16.2 Å². The number of hydrogen-bond acceptors (Lipinski definition) is 2. The Morgan fingerprint density at radius 1 is 0.824 bits per heavy atom. The van der Waals surface area contributed by atoms with E-state index in [9.17, 15) is 11.4 Å². The summed E-state index contributed by atoms with van der Waals surface area (Å²) < 4.78 is 66.0. The number of benzene rings is 4. The van der Waals surface area contributed by atoms with E-state index in [1.54, 1.807) is 0 Å². The molecule has 170 valence electrons. The third kappa shape index (κ3) is 2.81. The molecule has 0 amide bonds. The van der Waals surface area contributed by atoms with Gasteiger partial charge in [-0.05, 0) is 0 Å². The summed E-state index contributed by atoms with van der Waals surface area (Å²) in [6, 6.07) is 24.1. The van der Waals surface area contributed by atoms with Crippen molar-refractivity contribution in [2.24, 2.45) is 1.36 Å². The van der Waals surface area contributed by atoms with E-state index in [2.05, 4.69) is 24.1 Å². The molecule has 0 radical (unpaired) electrons. The summed E-state index contributed by atoms with van der Waals surface area (Å²) in [5.41, 5.74) is 5.45. The topological polar surface area (TPSA) is 26.5 Å². The maximum atomic E-state index is 14.7. The first-order valence-electron chi connectivity index (χ1n) is 10.3. The van der Waals surface area contributed by atoms with Gasteiger partial charge in [0.25, 0.3) is 0 Å². The number of fused-ring (bicyclic) bond motifs is 7. The molecular weight excluding hydrogens is 673 g/mol. The maximum absolute atomic E-state index is 14.7. The molecule has 0 spiro atoms. The third-order valence-corrected chi connectivity index (χ3v) is 14.3. The Kier molecular flexibility index (Phi) is 4.46. The Morgan fingerprint density at radius 2 is 1.62 bits per heavy atom. The first-order chi connectivity index (χ1) is 16.4. The second kappa shape index (κ2) is 7.26. The second-order valence-electron chi connectivity index (χ2n) is 8.16. The molecule has 3 heterocycles. The fourth-order valence-electron chi connectivity index (χ4n) is 5.31. The van der Waals surface area contributed by atoms with Crippen molar-refractivity contribution in [3.63, 3.8) is 0 Å². The van der Waals surface area contributed by atoms with Gasteiger partial charge in [-0.2, -0.15) is 0 Å². The number of ether oxygens (including phenoxy) is 1. The van der Waals surface area contributed by atoms with Gasteiger partial charge < -0.3 is 0 Å². The van der Waals surface area contributed by atoms with Crippen LogP contribution in [-0.4, -0.2) is 11.3 Å². The summed E-state index contributed by atoms with van der Waals surface area (Å²) in [4.78, 5) is 0. The van der Waals surface area contributed by atoms with Crippen LogP contribution in [0.2, 0.25) is 0 Å². The van der Waals surface area contributed by atoms with Gasteiger partial charge in [0.05, 0.1) is 0 Å². The predicted octanol–water partition coefficient (Wildman–Crippen LogP) is 7.07. The third-order valence-electron chi connectivity index (χ3n) is 6.50. The number of halogens is 6. The van der Waals surface area contributed by atoms with E-state index in [1.165, 1.54) is 18.2 Å².